The summed E-state index contributed by atoms with van der Waals surface area (Å²) < 4.78 is 5.24. The number of aromatic amines is 1. The van der Waals surface area contributed by atoms with Crippen LogP contribution < -0.4 is 10.6 Å². The lowest BCUT2D eigenvalue weighted by atomic mass is 10.0. The van der Waals surface area contributed by atoms with Crippen LogP contribution in [0.1, 0.15) is 25.0 Å². The van der Waals surface area contributed by atoms with E-state index in [0.717, 1.165) is 22.0 Å². The molecule has 1 aromatic heterocycles. The summed E-state index contributed by atoms with van der Waals surface area (Å²) in [5.41, 5.74) is 3.13. The van der Waals surface area contributed by atoms with Crippen molar-refractivity contribution in [3.05, 3.63) is 71.9 Å². The van der Waals surface area contributed by atoms with Gasteiger partial charge in [-0.2, -0.15) is 0 Å². The summed E-state index contributed by atoms with van der Waals surface area (Å²) in [4.78, 5) is 28.0. The van der Waals surface area contributed by atoms with Crippen LogP contribution in [-0.4, -0.2) is 29.6 Å². The van der Waals surface area contributed by atoms with Gasteiger partial charge in [0, 0.05) is 23.6 Å². The largest absolute Gasteiger partial charge is 0.445 e. The second-order valence-electron chi connectivity index (χ2n) is 7.33. The minimum absolute atomic E-state index is 0.0626. The first-order valence-electron chi connectivity index (χ1n) is 9.84. The molecular formula is C23H27N3O3. The fraction of sp³-hybridized carbons (Fsp3) is 0.304. The van der Waals surface area contributed by atoms with Crippen LogP contribution in [0.4, 0.5) is 4.79 Å². The Morgan fingerprint density at radius 3 is 2.52 bits per heavy atom. The summed E-state index contributed by atoms with van der Waals surface area (Å²) in [7, 11) is 0. The highest BCUT2D eigenvalue weighted by Gasteiger charge is 2.24. The lowest BCUT2D eigenvalue weighted by Gasteiger charge is -2.21. The van der Waals surface area contributed by atoms with Crippen molar-refractivity contribution >= 4 is 22.9 Å². The number of para-hydroxylation sites is 1. The third-order valence-corrected chi connectivity index (χ3v) is 4.80. The molecule has 2 aromatic carbocycles. The Bertz CT molecular complexity index is 950. The molecule has 3 N–H and O–H groups in total. The Kier molecular flexibility index (Phi) is 6.89. The summed E-state index contributed by atoms with van der Waals surface area (Å²) in [6.07, 6.45) is 2.08. The van der Waals surface area contributed by atoms with Crippen LogP contribution in [0.2, 0.25) is 0 Å². The summed E-state index contributed by atoms with van der Waals surface area (Å²) >= 11 is 0. The molecule has 6 nitrogen and oxygen atoms in total. The maximum Gasteiger partial charge on any atom is 0.408 e. The SMILES string of the molecule is CC(C)[C@H](NC(=O)OCc1ccccc1)C(=O)NCCc1c[nH]c2ccccc12. The van der Waals surface area contributed by atoms with Gasteiger partial charge in [0.15, 0.2) is 0 Å². The van der Waals surface area contributed by atoms with E-state index in [2.05, 4.69) is 21.7 Å². The first-order valence-corrected chi connectivity index (χ1v) is 9.84. The van der Waals surface area contributed by atoms with E-state index in [1.807, 2.05) is 68.6 Å². The highest BCUT2D eigenvalue weighted by Crippen LogP contribution is 2.17. The topological polar surface area (TPSA) is 83.2 Å². The molecule has 1 heterocycles. The molecule has 3 aromatic rings. The number of nitrogens with one attached hydrogen (secondary N) is 3. The first-order chi connectivity index (χ1) is 14.0. The van der Waals surface area contributed by atoms with E-state index >= 15 is 0 Å². The predicted octanol–water partition coefficient (Wildman–Crippen LogP) is 3.78. The van der Waals surface area contributed by atoms with Gasteiger partial charge in [-0.1, -0.05) is 62.4 Å². The van der Waals surface area contributed by atoms with Gasteiger partial charge in [-0.3, -0.25) is 4.79 Å². The summed E-state index contributed by atoms with van der Waals surface area (Å²) in [6.45, 7) is 4.44. The van der Waals surface area contributed by atoms with E-state index in [9.17, 15) is 9.59 Å². The van der Waals surface area contributed by atoms with E-state index in [1.165, 1.54) is 0 Å². The molecule has 0 aliphatic heterocycles. The average molecular weight is 393 g/mol. The molecule has 0 radical (unpaired) electrons. The highest BCUT2D eigenvalue weighted by atomic mass is 16.5. The molecule has 0 saturated carbocycles. The Balaban J connectivity index is 1.49. The minimum atomic E-state index is -0.652. The highest BCUT2D eigenvalue weighted by molar-refractivity contribution is 5.86. The molecule has 0 unspecified atom stereocenters. The lowest BCUT2D eigenvalue weighted by molar-refractivity contribution is -0.124. The Morgan fingerprint density at radius 1 is 1.03 bits per heavy atom. The van der Waals surface area contributed by atoms with E-state index < -0.39 is 12.1 Å². The van der Waals surface area contributed by atoms with Gasteiger partial charge in [-0.15, -0.1) is 0 Å². The number of alkyl carbamates (subject to hydrolysis) is 1. The molecule has 0 saturated heterocycles. The number of amides is 2. The minimum Gasteiger partial charge on any atom is -0.445 e. The van der Waals surface area contributed by atoms with Crippen LogP contribution in [0.3, 0.4) is 0 Å². The van der Waals surface area contributed by atoms with E-state index in [4.69, 9.17) is 4.74 Å². The number of carbonyl (C=O) groups is 2. The van der Waals surface area contributed by atoms with E-state index in [1.54, 1.807) is 0 Å². The van der Waals surface area contributed by atoms with Gasteiger partial charge in [0.05, 0.1) is 0 Å². The van der Waals surface area contributed by atoms with Gasteiger partial charge < -0.3 is 20.4 Å². The number of H-pyrrole nitrogens is 1. The molecule has 0 spiro atoms. The van der Waals surface area contributed by atoms with Crippen molar-refractivity contribution in [1.82, 2.24) is 15.6 Å². The summed E-state index contributed by atoms with van der Waals surface area (Å²) in [5.74, 6) is -0.274. The number of hydrogen-bond donors (Lipinski definition) is 3. The van der Waals surface area contributed by atoms with Gasteiger partial charge in [-0.25, -0.2) is 4.79 Å². The first kappa shape index (κ1) is 20.5. The fourth-order valence-corrected chi connectivity index (χ4v) is 3.20. The molecule has 0 bridgehead atoms. The normalized spacial score (nSPS) is 12.0. The zero-order chi connectivity index (χ0) is 20.6. The van der Waals surface area contributed by atoms with Crippen molar-refractivity contribution in [2.45, 2.75) is 32.9 Å². The van der Waals surface area contributed by atoms with Crippen molar-refractivity contribution in [2.75, 3.05) is 6.54 Å². The molecule has 152 valence electrons. The summed E-state index contributed by atoms with van der Waals surface area (Å²) in [6, 6.07) is 16.8. The van der Waals surface area contributed by atoms with Crippen molar-refractivity contribution in [3.8, 4) is 0 Å². The monoisotopic (exact) mass is 393 g/mol. The van der Waals surface area contributed by atoms with E-state index in [0.29, 0.717) is 13.0 Å². The van der Waals surface area contributed by atoms with Gasteiger partial charge in [0.1, 0.15) is 12.6 Å². The van der Waals surface area contributed by atoms with Crippen LogP contribution >= 0.6 is 0 Å². The number of hydrogen-bond acceptors (Lipinski definition) is 3. The van der Waals surface area contributed by atoms with Crippen LogP contribution in [0, 0.1) is 5.92 Å². The number of fused-ring (bicyclic) bond motifs is 1. The zero-order valence-electron chi connectivity index (χ0n) is 16.8. The maximum absolute atomic E-state index is 12.6. The number of ether oxygens (including phenoxy) is 1. The Labute approximate surface area is 170 Å². The fourth-order valence-electron chi connectivity index (χ4n) is 3.20. The van der Waals surface area contributed by atoms with Crippen molar-refractivity contribution in [1.29, 1.82) is 0 Å². The molecule has 0 aliphatic rings. The van der Waals surface area contributed by atoms with Gasteiger partial charge >= 0.3 is 6.09 Å². The quantitative estimate of drug-likeness (QED) is 0.545. The number of aromatic nitrogens is 1. The Hall–Kier alpha value is -3.28. The molecule has 3 rings (SSSR count). The molecule has 2 amide bonds. The van der Waals surface area contributed by atoms with E-state index in [-0.39, 0.29) is 18.4 Å². The van der Waals surface area contributed by atoms with Crippen molar-refractivity contribution in [2.24, 2.45) is 5.92 Å². The molecule has 6 heteroatoms. The van der Waals surface area contributed by atoms with Gasteiger partial charge in [0.25, 0.3) is 0 Å². The molecule has 0 fully saturated rings. The maximum atomic E-state index is 12.6. The average Bonchev–Trinajstić information content (AvgIpc) is 3.14. The third-order valence-electron chi connectivity index (χ3n) is 4.80. The molecule has 29 heavy (non-hydrogen) atoms. The van der Waals surface area contributed by atoms with Gasteiger partial charge in [0.2, 0.25) is 5.91 Å². The van der Waals surface area contributed by atoms with Crippen molar-refractivity contribution < 1.29 is 14.3 Å². The van der Waals surface area contributed by atoms with Crippen LogP contribution in [0.25, 0.3) is 10.9 Å². The predicted molar refractivity (Wildman–Crippen MR) is 113 cm³/mol. The lowest BCUT2D eigenvalue weighted by Crippen LogP contribution is -2.50. The second-order valence-corrected chi connectivity index (χ2v) is 7.33. The third kappa shape index (κ3) is 5.60. The molecular weight excluding hydrogens is 366 g/mol. The second kappa shape index (κ2) is 9.78. The molecule has 1 atom stereocenters. The Morgan fingerprint density at radius 2 is 1.76 bits per heavy atom. The number of rotatable bonds is 8. The smallest absolute Gasteiger partial charge is 0.408 e. The number of benzene rings is 2. The van der Waals surface area contributed by atoms with Crippen LogP contribution in [0.15, 0.2) is 60.8 Å². The zero-order valence-corrected chi connectivity index (χ0v) is 16.8. The van der Waals surface area contributed by atoms with Crippen LogP contribution in [-0.2, 0) is 22.6 Å². The van der Waals surface area contributed by atoms with Crippen LogP contribution in [0.5, 0.6) is 0 Å². The van der Waals surface area contributed by atoms with Crippen molar-refractivity contribution in [3.63, 3.8) is 0 Å². The van der Waals surface area contributed by atoms with Gasteiger partial charge in [-0.05, 0) is 29.5 Å². The standard InChI is InChI=1S/C23H27N3O3/c1-16(2)21(26-23(28)29-15-17-8-4-3-5-9-17)22(27)24-13-12-18-14-25-20-11-7-6-10-19(18)20/h3-11,14,16,21,25H,12-13,15H2,1-2H3,(H,24,27)(H,26,28)/t21-/m0/s1. The number of carbonyl (C=O) groups excluding carboxylic acids is 2. The molecule has 0 aliphatic carbocycles. The summed E-state index contributed by atoms with van der Waals surface area (Å²) in [5, 5.41) is 6.76.